The van der Waals surface area contributed by atoms with Crippen molar-refractivity contribution in [3.05, 3.63) is 60.5 Å². The second kappa shape index (κ2) is 8.90. The van der Waals surface area contributed by atoms with Gasteiger partial charge in [-0.2, -0.15) is 5.10 Å². The van der Waals surface area contributed by atoms with Crippen LogP contribution in [0.1, 0.15) is 0 Å². The molecule has 0 aliphatic heterocycles. The van der Waals surface area contributed by atoms with Crippen LogP contribution in [0, 0.1) is 0 Å². The van der Waals surface area contributed by atoms with Gasteiger partial charge in [0.2, 0.25) is 0 Å². The Morgan fingerprint density at radius 2 is 2.03 bits per heavy atom. The summed E-state index contributed by atoms with van der Waals surface area (Å²) in [5.41, 5.74) is 5.77. The van der Waals surface area contributed by atoms with Crippen molar-refractivity contribution in [3.8, 4) is 39.0 Å². The monoisotopic (exact) mass is 482 g/mol. The molecule has 10 heteroatoms. The number of likely N-dealkylation sites (N-methyl/N-ethyl adjacent to an activating group) is 1. The largest absolute Gasteiger partial charge is 0.491 e. The van der Waals surface area contributed by atoms with Crippen molar-refractivity contribution >= 4 is 33.4 Å². The van der Waals surface area contributed by atoms with Crippen molar-refractivity contribution in [2.45, 2.75) is 0 Å². The van der Waals surface area contributed by atoms with E-state index >= 15 is 0 Å². The van der Waals surface area contributed by atoms with Crippen LogP contribution in [0.4, 0.5) is 0 Å². The van der Waals surface area contributed by atoms with Gasteiger partial charge in [0.15, 0.2) is 11.5 Å². The van der Waals surface area contributed by atoms with Crippen LogP contribution in [0.2, 0.25) is 0 Å². The van der Waals surface area contributed by atoms with E-state index in [2.05, 4.69) is 46.5 Å². The Hall–Kier alpha value is -4.15. The summed E-state index contributed by atoms with van der Waals surface area (Å²) in [7, 11) is 4.03. The first-order valence-electron chi connectivity index (χ1n) is 11.1. The molecule has 0 bridgehead atoms. The first kappa shape index (κ1) is 21.4. The first-order valence-corrected chi connectivity index (χ1v) is 12.0. The van der Waals surface area contributed by atoms with Gasteiger partial charge >= 0.3 is 0 Å². The van der Waals surface area contributed by atoms with E-state index in [1.54, 1.807) is 36.1 Å². The number of rotatable bonds is 7. The summed E-state index contributed by atoms with van der Waals surface area (Å²) < 4.78 is 5.85. The van der Waals surface area contributed by atoms with E-state index in [-0.39, 0.29) is 0 Å². The molecule has 174 valence electrons. The Morgan fingerprint density at radius 1 is 1.09 bits per heavy atom. The van der Waals surface area contributed by atoms with Crippen LogP contribution in [0.25, 0.3) is 55.3 Å². The summed E-state index contributed by atoms with van der Waals surface area (Å²) in [5.74, 6) is 1.36. The Kier molecular flexibility index (Phi) is 5.44. The van der Waals surface area contributed by atoms with Crippen molar-refractivity contribution in [2.24, 2.45) is 0 Å². The molecule has 6 aromatic rings. The number of ether oxygens (including phenoxy) is 1. The van der Waals surface area contributed by atoms with Gasteiger partial charge in [-0.05, 0) is 43.7 Å². The number of H-pyrrole nitrogens is 2. The summed E-state index contributed by atoms with van der Waals surface area (Å²) in [6.45, 7) is 1.41. The summed E-state index contributed by atoms with van der Waals surface area (Å²) in [4.78, 5) is 24.9. The minimum atomic E-state index is 0.587. The molecule has 35 heavy (non-hydrogen) atoms. The molecule has 2 N–H and O–H groups in total. The number of hydrogen-bond donors (Lipinski definition) is 2. The van der Waals surface area contributed by atoms with Crippen molar-refractivity contribution in [1.29, 1.82) is 0 Å². The van der Waals surface area contributed by atoms with Gasteiger partial charge in [-0.1, -0.05) is 6.07 Å². The van der Waals surface area contributed by atoms with Gasteiger partial charge in [-0.15, -0.1) is 11.3 Å². The summed E-state index contributed by atoms with van der Waals surface area (Å²) >= 11 is 1.68. The highest BCUT2D eigenvalue weighted by molar-refractivity contribution is 7.13. The van der Waals surface area contributed by atoms with E-state index in [9.17, 15) is 0 Å². The topological polar surface area (TPSA) is 109 Å². The van der Waals surface area contributed by atoms with Crippen LogP contribution in [-0.2, 0) is 0 Å². The average Bonchev–Trinajstić information content (AvgIpc) is 3.62. The van der Waals surface area contributed by atoms with Crippen LogP contribution < -0.4 is 4.74 Å². The van der Waals surface area contributed by atoms with Crippen LogP contribution in [-0.4, -0.2) is 67.3 Å². The number of thiophene rings is 1. The van der Waals surface area contributed by atoms with Gasteiger partial charge in [0.1, 0.15) is 23.6 Å². The third-order valence-electron chi connectivity index (χ3n) is 5.66. The lowest BCUT2D eigenvalue weighted by Crippen LogP contribution is -2.19. The zero-order valence-electron chi connectivity index (χ0n) is 19.2. The second-order valence-corrected chi connectivity index (χ2v) is 9.31. The second-order valence-electron chi connectivity index (χ2n) is 8.37. The lowest BCUT2D eigenvalue weighted by Gasteiger charge is -2.11. The molecule has 0 radical (unpaired) electrons. The highest BCUT2D eigenvalue weighted by Gasteiger charge is 2.17. The van der Waals surface area contributed by atoms with E-state index in [0.29, 0.717) is 23.9 Å². The normalized spacial score (nSPS) is 11.6. The highest BCUT2D eigenvalue weighted by Crippen LogP contribution is 2.33. The SMILES string of the molecule is CN(C)CCOc1cncc(-c2cc3c(-c4nc5c(-c6cccs6)ccnc5[nH]4)n[nH]c3cn2)c1. The Labute approximate surface area is 204 Å². The number of imidazole rings is 1. The van der Waals surface area contributed by atoms with Crippen LogP contribution in [0.3, 0.4) is 0 Å². The molecule has 0 saturated carbocycles. The lowest BCUT2D eigenvalue weighted by molar-refractivity contribution is 0.261. The third-order valence-corrected chi connectivity index (χ3v) is 6.56. The van der Waals surface area contributed by atoms with Crippen molar-refractivity contribution in [3.63, 3.8) is 0 Å². The number of aromatic amines is 2. The molecule has 0 atom stereocenters. The third kappa shape index (κ3) is 4.13. The molecule has 6 aromatic heterocycles. The van der Waals surface area contributed by atoms with Gasteiger partial charge in [0.05, 0.1) is 23.6 Å². The molecule has 0 unspecified atom stereocenters. The molecule has 6 rings (SSSR count). The predicted molar refractivity (Wildman–Crippen MR) is 137 cm³/mol. The molecule has 0 fully saturated rings. The molecule has 0 spiro atoms. The van der Waals surface area contributed by atoms with Crippen molar-refractivity contribution in [1.82, 2.24) is 40.0 Å². The van der Waals surface area contributed by atoms with Crippen molar-refractivity contribution in [2.75, 3.05) is 27.2 Å². The highest BCUT2D eigenvalue weighted by atomic mass is 32.1. The van der Waals surface area contributed by atoms with Gasteiger partial charge in [-0.3, -0.25) is 15.1 Å². The fraction of sp³-hybridized carbons (Fsp3) is 0.160. The number of hydrogen-bond acceptors (Lipinski definition) is 8. The maximum Gasteiger partial charge on any atom is 0.160 e. The fourth-order valence-corrected chi connectivity index (χ4v) is 4.64. The number of nitrogens with one attached hydrogen (secondary N) is 2. The van der Waals surface area contributed by atoms with E-state index < -0.39 is 0 Å². The van der Waals surface area contributed by atoms with Gasteiger partial charge in [-0.25, -0.2) is 9.97 Å². The summed E-state index contributed by atoms with van der Waals surface area (Å²) in [5, 5.41) is 10.6. The first-order chi connectivity index (χ1) is 17.2. The summed E-state index contributed by atoms with van der Waals surface area (Å²) in [6.07, 6.45) is 7.07. The zero-order valence-corrected chi connectivity index (χ0v) is 20.0. The molecule has 6 heterocycles. The molecule has 9 nitrogen and oxygen atoms in total. The summed E-state index contributed by atoms with van der Waals surface area (Å²) in [6, 6.07) is 10.1. The number of aromatic nitrogens is 7. The molecule has 0 aliphatic rings. The van der Waals surface area contributed by atoms with Crippen LogP contribution in [0.5, 0.6) is 5.75 Å². The number of fused-ring (bicyclic) bond motifs is 2. The molecule has 0 saturated heterocycles. The van der Waals surface area contributed by atoms with Crippen molar-refractivity contribution < 1.29 is 4.74 Å². The molecule has 0 aliphatic carbocycles. The quantitative estimate of drug-likeness (QED) is 0.342. The van der Waals surface area contributed by atoms with E-state index in [0.717, 1.165) is 50.3 Å². The molecule has 0 amide bonds. The van der Waals surface area contributed by atoms with Crippen LogP contribution >= 0.6 is 11.3 Å². The zero-order chi connectivity index (χ0) is 23.8. The smallest absolute Gasteiger partial charge is 0.160 e. The minimum absolute atomic E-state index is 0.587. The molecular formula is C25H22N8OS. The maximum absolute atomic E-state index is 5.85. The molecular weight excluding hydrogens is 460 g/mol. The minimum Gasteiger partial charge on any atom is -0.491 e. The Morgan fingerprint density at radius 3 is 2.89 bits per heavy atom. The Bertz CT molecular complexity index is 1620. The van der Waals surface area contributed by atoms with Gasteiger partial charge < -0.3 is 14.6 Å². The van der Waals surface area contributed by atoms with Gasteiger partial charge in [0.25, 0.3) is 0 Å². The van der Waals surface area contributed by atoms with Gasteiger partial charge in [0, 0.05) is 40.3 Å². The lowest BCUT2D eigenvalue weighted by atomic mass is 10.1. The molecule has 0 aromatic carbocycles. The maximum atomic E-state index is 5.85. The number of pyridine rings is 3. The standard InChI is InChI=1S/C25H22N8OS/c1-33(2)7-8-34-16-10-15(12-26-13-16)19-11-18-20(14-28-19)31-32-23(18)25-29-22-17(21-4-3-9-35-21)5-6-27-24(22)30-25/h3-6,9-14H,7-8H2,1-2H3,(H,31,32)(H,27,29,30). The van der Waals surface area contributed by atoms with Crippen LogP contribution in [0.15, 0.2) is 60.5 Å². The Balaban J connectivity index is 1.38. The average molecular weight is 483 g/mol. The predicted octanol–water partition coefficient (Wildman–Crippen LogP) is 4.63. The fourth-order valence-electron chi connectivity index (χ4n) is 3.89. The van der Waals surface area contributed by atoms with E-state index in [1.807, 2.05) is 38.4 Å². The van der Waals surface area contributed by atoms with E-state index in [1.165, 1.54) is 0 Å². The number of nitrogens with zero attached hydrogens (tertiary/aromatic N) is 6. The van der Waals surface area contributed by atoms with E-state index in [4.69, 9.17) is 9.72 Å².